The van der Waals surface area contributed by atoms with Gasteiger partial charge in [0.2, 0.25) is 0 Å². The predicted molar refractivity (Wildman–Crippen MR) is 81.4 cm³/mol. The van der Waals surface area contributed by atoms with Crippen LogP contribution in [-0.2, 0) is 0 Å². The first-order valence-electron chi connectivity index (χ1n) is 7.40. The maximum absolute atomic E-state index is 12.6. The Hall–Kier alpha value is -1.20. The zero-order chi connectivity index (χ0) is 15.6. The van der Waals surface area contributed by atoms with Crippen LogP contribution in [0.3, 0.4) is 0 Å². The average molecular weight is 312 g/mol. The number of carbonyl (C=O) groups is 1. The molecule has 1 fully saturated rings. The van der Waals surface area contributed by atoms with Crippen molar-refractivity contribution in [1.29, 1.82) is 0 Å². The molecule has 1 aromatic rings. The number of aromatic nitrogens is 2. The molecule has 2 unspecified atom stereocenters. The normalized spacial score (nSPS) is 20.7. The molecule has 1 saturated heterocycles. The van der Waals surface area contributed by atoms with E-state index in [4.69, 9.17) is 11.6 Å². The zero-order valence-corrected chi connectivity index (χ0v) is 13.5. The molecule has 1 aliphatic rings. The standard InChI is InChI=1S/C15H22ClN3O2/c1-9(2)14-17-7-12(16)13(18-14)15(21)19-6-4-5-11(8-19)10(3)20/h7,9-11,20H,4-6,8H2,1-3H3. The summed E-state index contributed by atoms with van der Waals surface area (Å²) in [6.07, 6.45) is 2.91. The van der Waals surface area contributed by atoms with Gasteiger partial charge in [-0.3, -0.25) is 4.79 Å². The average Bonchev–Trinajstić information content (AvgIpc) is 2.47. The molecule has 0 saturated carbocycles. The molecule has 0 bridgehead atoms. The topological polar surface area (TPSA) is 66.3 Å². The van der Waals surface area contributed by atoms with Crippen LogP contribution in [-0.4, -0.2) is 45.1 Å². The Bertz CT molecular complexity index is 520. The molecule has 2 atom stereocenters. The SMILES string of the molecule is CC(C)c1ncc(Cl)c(C(=O)N2CCCC(C(C)O)C2)n1. The number of carbonyl (C=O) groups excluding carboxylic acids is 1. The van der Waals surface area contributed by atoms with Crippen molar-refractivity contribution in [2.24, 2.45) is 5.92 Å². The summed E-state index contributed by atoms with van der Waals surface area (Å²) in [6.45, 7) is 6.95. The smallest absolute Gasteiger partial charge is 0.274 e. The van der Waals surface area contributed by atoms with E-state index in [9.17, 15) is 9.90 Å². The first-order valence-corrected chi connectivity index (χ1v) is 7.77. The van der Waals surface area contributed by atoms with E-state index in [1.165, 1.54) is 6.20 Å². The van der Waals surface area contributed by atoms with Crippen molar-refractivity contribution in [2.45, 2.75) is 45.6 Å². The fraction of sp³-hybridized carbons (Fsp3) is 0.667. The highest BCUT2D eigenvalue weighted by molar-refractivity contribution is 6.33. The fourth-order valence-electron chi connectivity index (χ4n) is 2.55. The second-order valence-corrected chi connectivity index (χ2v) is 6.38. The third-order valence-corrected chi connectivity index (χ3v) is 4.19. The van der Waals surface area contributed by atoms with Gasteiger partial charge in [-0.05, 0) is 19.8 Å². The number of rotatable bonds is 3. The van der Waals surface area contributed by atoms with Crippen LogP contribution < -0.4 is 0 Å². The molecule has 21 heavy (non-hydrogen) atoms. The van der Waals surface area contributed by atoms with E-state index in [2.05, 4.69) is 9.97 Å². The summed E-state index contributed by atoms with van der Waals surface area (Å²) in [5.74, 6) is 0.703. The largest absolute Gasteiger partial charge is 0.393 e. The Morgan fingerprint density at radius 3 is 2.81 bits per heavy atom. The number of hydrogen-bond acceptors (Lipinski definition) is 4. The lowest BCUT2D eigenvalue weighted by Gasteiger charge is -2.34. The van der Waals surface area contributed by atoms with Crippen LogP contribution >= 0.6 is 11.6 Å². The predicted octanol–water partition coefficient (Wildman–Crippen LogP) is 2.49. The van der Waals surface area contributed by atoms with Crippen molar-refractivity contribution in [3.8, 4) is 0 Å². The summed E-state index contributed by atoms with van der Waals surface area (Å²) in [6, 6.07) is 0. The van der Waals surface area contributed by atoms with Crippen LogP contribution in [0.15, 0.2) is 6.20 Å². The van der Waals surface area contributed by atoms with Crippen LogP contribution in [0, 0.1) is 5.92 Å². The van der Waals surface area contributed by atoms with Crippen molar-refractivity contribution in [1.82, 2.24) is 14.9 Å². The summed E-state index contributed by atoms with van der Waals surface area (Å²) in [7, 11) is 0. The number of amides is 1. The van der Waals surface area contributed by atoms with Crippen molar-refractivity contribution in [3.05, 3.63) is 22.7 Å². The van der Waals surface area contributed by atoms with Crippen molar-refractivity contribution < 1.29 is 9.90 Å². The van der Waals surface area contributed by atoms with E-state index in [1.807, 2.05) is 13.8 Å². The Labute approximate surface area is 130 Å². The molecule has 1 aromatic heterocycles. The number of nitrogens with zero attached hydrogens (tertiary/aromatic N) is 3. The molecule has 0 spiro atoms. The summed E-state index contributed by atoms with van der Waals surface area (Å²) in [5, 5.41) is 10.0. The minimum Gasteiger partial charge on any atom is -0.393 e. The summed E-state index contributed by atoms with van der Waals surface area (Å²) in [4.78, 5) is 22.8. The fourth-order valence-corrected chi connectivity index (χ4v) is 2.72. The molecular formula is C15H22ClN3O2. The Morgan fingerprint density at radius 2 is 2.19 bits per heavy atom. The van der Waals surface area contributed by atoms with E-state index >= 15 is 0 Å². The molecule has 6 heteroatoms. The van der Waals surface area contributed by atoms with Crippen LogP contribution in [0.4, 0.5) is 0 Å². The number of hydrogen-bond donors (Lipinski definition) is 1. The number of aliphatic hydroxyl groups excluding tert-OH is 1. The molecule has 5 nitrogen and oxygen atoms in total. The van der Waals surface area contributed by atoms with Gasteiger partial charge in [0, 0.05) is 24.9 Å². The van der Waals surface area contributed by atoms with E-state index in [1.54, 1.807) is 11.8 Å². The van der Waals surface area contributed by atoms with E-state index < -0.39 is 6.10 Å². The maximum Gasteiger partial charge on any atom is 0.274 e. The molecule has 0 aromatic carbocycles. The Balaban J connectivity index is 2.21. The van der Waals surface area contributed by atoms with E-state index in [0.717, 1.165) is 12.8 Å². The van der Waals surface area contributed by atoms with Crippen LogP contribution in [0.5, 0.6) is 0 Å². The number of piperidine rings is 1. The monoisotopic (exact) mass is 311 g/mol. The minimum atomic E-state index is -0.410. The van der Waals surface area contributed by atoms with Gasteiger partial charge in [-0.2, -0.15) is 0 Å². The highest BCUT2D eigenvalue weighted by Crippen LogP contribution is 2.23. The quantitative estimate of drug-likeness (QED) is 0.931. The molecular weight excluding hydrogens is 290 g/mol. The molecule has 1 N–H and O–H groups in total. The lowest BCUT2D eigenvalue weighted by atomic mass is 9.93. The number of halogens is 1. The molecule has 2 rings (SSSR count). The first kappa shape index (κ1) is 16.2. The lowest BCUT2D eigenvalue weighted by Crippen LogP contribution is -2.43. The summed E-state index contributed by atoms with van der Waals surface area (Å²) >= 11 is 6.09. The molecule has 0 aliphatic carbocycles. The van der Waals surface area contributed by atoms with Gasteiger partial charge in [0.15, 0.2) is 5.69 Å². The third kappa shape index (κ3) is 3.71. The van der Waals surface area contributed by atoms with Gasteiger partial charge in [-0.1, -0.05) is 25.4 Å². The molecule has 116 valence electrons. The number of likely N-dealkylation sites (tertiary alicyclic amines) is 1. The van der Waals surface area contributed by atoms with Gasteiger partial charge in [0.05, 0.1) is 17.3 Å². The van der Waals surface area contributed by atoms with E-state index in [-0.39, 0.29) is 28.5 Å². The summed E-state index contributed by atoms with van der Waals surface area (Å²) in [5.41, 5.74) is 0.265. The number of aliphatic hydroxyl groups is 1. The van der Waals surface area contributed by atoms with Gasteiger partial charge in [0.1, 0.15) is 5.82 Å². The molecule has 2 heterocycles. The molecule has 1 aliphatic heterocycles. The second kappa shape index (κ2) is 6.71. The van der Waals surface area contributed by atoms with Crippen LogP contribution in [0.25, 0.3) is 0 Å². The third-order valence-electron chi connectivity index (χ3n) is 3.91. The second-order valence-electron chi connectivity index (χ2n) is 5.97. The van der Waals surface area contributed by atoms with Gasteiger partial charge in [-0.25, -0.2) is 9.97 Å². The summed E-state index contributed by atoms with van der Waals surface area (Å²) < 4.78 is 0. The van der Waals surface area contributed by atoms with Gasteiger partial charge in [-0.15, -0.1) is 0 Å². The van der Waals surface area contributed by atoms with E-state index in [0.29, 0.717) is 18.9 Å². The Morgan fingerprint density at radius 1 is 1.48 bits per heavy atom. The minimum absolute atomic E-state index is 0.118. The molecule has 0 radical (unpaired) electrons. The highest BCUT2D eigenvalue weighted by atomic mass is 35.5. The van der Waals surface area contributed by atoms with Crippen LogP contribution in [0.1, 0.15) is 55.8 Å². The highest BCUT2D eigenvalue weighted by Gasteiger charge is 2.29. The lowest BCUT2D eigenvalue weighted by molar-refractivity contribution is 0.0461. The van der Waals surface area contributed by atoms with Gasteiger partial charge >= 0.3 is 0 Å². The maximum atomic E-state index is 12.6. The van der Waals surface area contributed by atoms with Crippen molar-refractivity contribution >= 4 is 17.5 Å². The first-order chi connectivity index (χ1) is 9.90. The molecule has 1 amide bonds. The van der Waals surface area contributed by atoms with Crippen molar-refractivity contribution in [2.75, 3.05) is 13.1 Å². The zero-order valence-electron chi connectivity index (χ0n) is 12.7. The van der Waals surface area contributed by atoms with Crippen molar-refractivity contribution in [3.63, 3.8) is 0 Å². The van der Waals surface area contributed by atoms with Crippen LogP contribution in [0.2, 0.25) is 5.02 Å². The Kier molecular flexibility index (Phi) is 5.17. The van der Waals surface area contributed by atoms with Gasteiger partial charge < -0.3 is 10.0 Å². The van der Waals surface area contributed by atoms with Gasteiger partial charge in [0.25, 0.3) is 5.91 Å².